The first-order valence-electron chi connectivity index (χ1n) is 11.1. The number of guanidine groups is 1. The van der Waals surface area contributed by atoms with E-state index in [-0.39, 0.29) is 29.9 Å². The van der Waals surface area contributed by atoms with E-state index in [0.717, 1.165) is 42.0 Å². The molecule has 3 aromatic rings. The highest BCUT2D eigenvalue weighted by Crippen LogP contribution is 2.22. The predicted octanol–water partition coefficient (Wildman–Crippen LogP) is 4.65. The lowest BCUT2D eigenvalue weighted by molar-refractivity contribution is -0.117. The van der Waals surface area contributed by atoms with E-state index in [9.17, 15) is 4.79 Å². The molecule has 33 heavy (non-hydrogen) atoms. The third-order valence-electron chi connectivity index (χ3n) is 5.37. The van der Waals surface area contributed by atoms with E-state index in [2.05, 4.69) is 27.5 Å². The summed E-state index contributed by atoms with van der Waals surface area (Å²) in [6, 6.07) is 16.2. The van der Waals surface area contributed by atoms with Gasteiger partial charge in [0.2, 0.25) is 11.8 Å². The Hall–Kier alpha value is -2.88. The van der Waals surface area contributed by atoms with Gasteiger partial charge in [0.05, 0.1) is 18.8 Å². The number of benzene rings is 2. The van der Waals surface area contributed by atoms with Crippen molar-refractivity contribution in [2.45, 2.75) is 39.8 Å². The highest BCUT2D eigenvalue weighted by atomic mass is 127. The number of oxazole rings is 1. The average molecular weight is 559 g/mol. The minimum absolute atomic E-state index is 0. The fourth-order valence-electron chi connectivity index (χ4n) is 3.61. The molecule has 0 unspecified atom stereocenters. The minimum Gasteiger partial charge on any atom is -0.444 e. The zero-order chi connectivity index (χ0) is 22.3. The molecule has 1 aliphatic heterocycles. The van der Waals surface area contributed by atoms with Gasteiger partial charge in [-0.25, -0.2) is 9.98 Å². The standard InChI is InChI=1S/C25H29N5O2.HI/c1-3-26-25(27-15-19-8-12-22(13-9-19)30-14-4-5-23(30)31)28-16-21-17-32-24(29-21)20-10-6-18(2)7-11-20;/h6-13,17H,3-5,14-16H2,1-2H3,(H2,26,27,28);1H. The number of hydrogen-bond donors (Lipinski definition) is 2. The van der Waals surface area contributed by atoms with Gasteiger partial charge in [-0.15, -0.1) is 24.0 Å². The summed E-state index contributed by atoms with van der Waals surface area (Å²) in [5.74, 6) is 1.53. The summed E-state index contributed by atoms with van der Waals surface area (Å²) in [5.41, 5.74) is 5.02. The maximum Gasteiger partial charge on any atom is 0.227 e. The first kappa shape index (κ1) is 24.8. The van der Waals surface area contributed by atoms with Crippen LogP contribution in [-0.4, -0.2) is 29.9 Å². The third-order valence-corrected chi connectivity index (χ3v) is 5.37. The molecule has 2 heterocycles. The molecule has 0 aliphatic carbocycles. The van der Waals surface area contributed by atoms with Crippen LogP contribution in [0.1, 0.15) is 36.6 Å². The zero-order valence-corrected chi connectivity index (χ0v) is 21.3. The molecule has 1 amide bonds. The van der Waals surface area contributed by atoms with Crippen LogP contribution in [0, 0.1) is 6.92 Å². The fraction of sp³-hybridized carbons (Fsp3) is 0.320. The van der Waals surface area contributed by atoms with Gasteiger partial charge in [-0.3, -0.25) is 4.79 Å². The number of halogens is 1. The van der Waals surface area contributed by atoms with E-state index >= 15 is 0 Å². The number of nitrogens with zero attached hydrogens (tertiary/aromatic N) is 3. The number of carbonyl (C=O) groups excluding carboxylic acids is 1. The Bertz CT molecular complexity index is 1080. The topological polar surface area (TPSA) is 82.8 Å². The van der Waals surface area contributed by atoms with Gasteiger partial charge in [0.15, 0.2) is 5.96 Å². The molecule has 8 heteroatoms. The van der Waals surface area contributed by atoms with Crippen molar-refractivity contribution in [2.24, 2.45) is 4.99 Å². The summed E-state index contributed by atoms with van der Waals surface area (Å²) in [6.07, 6.45) is 3.24. The van der Waals surface area contributed by atoms with Gasteiger partial charge >= 0.3 is 0 Å². The molecule has 1 saturated heterocycles. The van der Waals surface area contributed by atoms with Gasteiger partial charge in [0.25, 0.3) is 0 Å². The lowest BCUT2D eigenvalue weighted by Gasteiger charge is -2.15. The summed E-state index contributed by atoms with van der Waals surface area (Å²) in [7, 11) is 0. The van der Waals surface area contributed by atoms with E-state index in [1.54, 1.807) is 6.26 Å². The van der Waals surface area contributed by atoms with Crippen LogP contribution in [0.2, 0.25) is 0 Å². The first-order chi connectivity index (χ1) is 15.6. The van der Waals surface area contributed by atoms with Gasteiger partial charge in [-0.05, 0) is 50.1 Å². The number of carbonyl (C=O) groups is 1. The third kappa shape index (κ3) is 6.56. The lowest BCUT2D eigenvalue weighted by atomic mass is 10.1. The first-order valence-corrected chi connectivity index (χ1v) is 11.1. The summed E-state index contributed by atoms with van der Waals surface area (Å²) < 4.78 is 5.63. The molecule has 0 saturated carbocycles. The molecule has 4 rings (SSSR count). The highest BCUT2D eigenvalue weighted by Gasteiger charge is 2.21. The van der Waals surface area contributed by atoms with E-state index in [4.69, 9.17) is 4.42 Å². The number of aryl methyl sites for hydroxylation is 1. The van der Waals surface area contributed by atoms with E-state index in [1.165, 1.54) is 5.56 Å². The van der Waals surface area contributed by atoms with Crippen LogP contribution in [0.4, 0.5) is 5.69 Å². The molecule has 1 fully saturated rings. The minimum atomic E-state index is 0. The Kier molecular flexibility index (Phi) is 8.87. The van der Waals surface area contributed by atoms with Crippen LogP contribution in [0.5, 0.6) is 0 Å². The van der Waals surface area contributed by atoms with E-state index < -0.39 is 0 Å². The number of rotatable bonds is 7. The van der Waals surface area contributed by atoms with E-state index in [0.29, 0.717) is 31.4 Å². The number of hydrogen-bond acceptors (Lipinski definition) is 4. The van der Waals surface area contributed by atoms with Crippen molar-refractivity contribution >= 4 is 41.5 Å². The number of aliphatic imine (C=N–C) groups is 1. The molecule has 2 aromatic carbocycles. The zero-order valence-electron chi connectivity index (χ0n) is 19.0. The highest BCUT2D eigenvalue weighted by molar-refractivity contribution is 14.0. The number of nitrogens with one attached hydrogen (secondary N) is 2. The molecule has 7 nitrogen and oxygen atoms in total. The quantitative estimate of drug-likeness (QED) is 0.250. The summed E-state index contributed by atoms with van der Waals surface area (Å²) in [5, 5.41) is 6.56. The average Bonchev–Trinajstić information content (AvgIpc) is 3.46. The Morgan fingerprint density at radius 3 is 2.55 bits per heavy atom. The van der Waals surface area contributed by atoms with Crippen molar-refractivity contribution in [3.8, 4) is 11.5 Å². The second-order valence-corrected chi connectivity index (χ2v) is 7.87. The molecule has 1 aromatic heterocycles. The van der Waals surface area contributed by atoms with Crippen LogP contribution < -0.4 is 15.5 Å². The van der Waals surface area contributed by atoms with Crippen molar-refractivity contribution in [2.75, 3.05) is 18.0 Å². The molecule has 0 radical (unpaired) electrons. The lowest BCUT2D eigenvalue weighted by Crippen LogP contribution is -2.36. The van der Waals surface area contributed by atoms with Gasteiger partial charge < -0.3 is 20.0 Å². The van der Waals surface area contributed by atoms with Crippen LogP contribution in [0.15, 0.2) is 64.2 Å². The Labute approximate surface area is 211 Å². The molecule has 2 N–H and O–H groups in total. The van der Waals surface area contributed by atoms with Crippen LogP contribution in [0.25, 0.3) is 11.5 Å². The van der Waals surface area contributed by atoms with Crippen molar-refractivity contribution in [3.63, 3.8) is 0 Å². The van der Waals surface area contributed by atoms with Crippen molar-refractivity contribution < 1.29 is 9.21 Å². The molecule has 1 aliphatic rings. The smallest absolute Gasteiger partial charge is 0.227 e. The van der Waals surface area contributed by atoms with Crippen LogP contribution in [-0.2, 0) is 17.9 Å². The second-order valence-electron chi connectivity index (χ2n) is 7.87. The Morgan fingerprint density at radius 1 is 1.12 bits per heavy atom. The van der Waals surface area contributed by atoms with Crippen molar-refractivity contribution in [1.82, 2.24) is 15.6 Å². The maximum atomic E-state index is 11.9. The van der Waals surface area contributed by atoms with Crippen molar-refractivity contribution in [3.05, 3.63) is 71.6 Å². The molecule has 0 spiro atoms. The molecular weight excluding hydrogens is 529 g/mol. The predicted molar refractivity (Wildman–Crippen MR) is 142 cm³/mol. The van der Waals surface area contributed by atoms with Gasteiger partial charge in [-0.1, -0.05) is 29.8 Å². The van der Waals surface area contributed by atoms with Crippen LogP contribution in [0.3, 0.4) is 0 Å². The van der Waals surface area contributed by atoms with Crippen LogP contribution >= 0.6 is 24.0 Å². The molecular formula is C25H30IN5O2. The molecule has 0 bridgehead atoms. The summed E-state index contributed by atoms with van der Waals surface area (Å²) in [6.45, 7) is 6.70. The maximum absolute atomic E-state index is 11.9. The normalized spacial score (nSPS) is 13.7. The Balaban J connectivity index is 0.00000306. The summed E-state index contributed by atoms with van der Waals surface area (Å²) in [4.78, 5) is 23.0. The number of amides is 1. The van der Waals surface area contributed by atoms with Crippen molar-refractivity contribution in [1.29, 1.82) is 0 Å². The number of anilines is 1. The number of aromatic nitrogens is 1. The van der Waals surface area contributed by atoms with Gasteiger partial charge in [0.1, 0.15) is 6.26 Å². The molecule has 174 valence electrons. The van der Waals surface area contributed by atoms with Gasteiger partial charge in [-0.2, -0.15) is 0 Å². The van der Waals surface area contributed by atoms with E-state index in [1.807, 2.05) is 60.4 Å². The Morgan fingerprint density at radius 2 is 1.88 bits per heavy atom. The monoisotopic (exact) mass is 559 g/mol. The fourth-order valence-corrected chi connectivity index (χ4v) is 3.61. The van der Waals surface area contributed by atoms with Gasteiger partial charge in [0, 0.05) is 30.8 Å². The largest absolute Gasteiger partial charge is 0.444 e. The second kappa shape index (κ2) is 11.8. The molecule has 0 atom stereocenters. The summed E-state index contributed by atoms with van der Waals surface area (Å²) >= 11 is 0. The SMILES string of the molecule is CCNC(=NCc1ccc(N2CCCC2=O)cc1)NCc1coc(-c2ccc(C)cc2)n1.I.